The van der Waals surface area contributed by atoms with Crippen molar-refractivity contribution in [2.75, 3.05) is 26.7 Å². The van der Waals surface area contributed by atoms with E-state index in [4.69, 9.17) is 4.74 Å². The van der Waals surface area contributed by atoms with Gasteiger partial charge in [0, 0.05) is 25.6 Å². The second-order valence-electron chi connectivity index (χ2n) is 7.86. The number of likely N-dealkylation sites (tertiary alicyclic amines) is 1. The minimum atomic E-state index is -1.05. The number of fused-ring (bicyclic) bond motifs is 1. The van der Waals surface area contributed by atoms with Gasteiger partial charge in [-0.3, -0.25) is 34.2 Å². The molecule has 10 heteroatoms. The number of carbonyl (C=O) groups excluding carboxylic acids is 5. The van der Waals surface area contributed by atoms with Gasteiger partial charge >= 0.3 is 0 Å². The van der Waals surface area contributed by atoms with Crippen molar-refractivity contribution in [2.45, 2.75) is 37.8 Å². The normalized spacial score (nSPS) is 21.9. The lowest BCUT2D eigenvalue weighted by molar-refractivity contribution is -0.136. The van der Waals surface area contributed by atoms with E-state index in [-0.39, 0.29) is 42.2 Å². The molecule has 0 radical (unpaired) electrons. The van der Waals surface area contributed by atoms with Crippen molar-refractivity contribution >= 4 is 29.5 Å². The molecule has 2 N–H and O–H groups in total. The van der Waals surface area contributed by atoms with Crippen LogP contribution in [0.15, 0.2) is 18.2 Å². The number of benzene rings is 1. The molecule has 2 saturated heterocycles. The minimum absolute atomic E-state index is 0.0406. The number of amides is 5. The fraction of sp³-hybridized carbons (Fsp3) is 0.476. The summed E-state index contributed by atoms with van der Waals surface area (Å²) in [6, 6.07) is 3.92. The molecule has 3 heterocycles. The van der Waals surface area contributed by atoms with Gasteiger partial charge in [0.15, 0.2) is 6.61 Å². The summed E-state index contributed by atoms with van der Waals surface area (Å²) >= 11 is 0. The maximum absolute atomic E-state index is 13.0. The highest BCUT2D eigenvalue weighted by atomic mass is 16.5. The maximum atomic E-state index is 13.0. The van der Waals surface area contributed by atoms with E-state index in [9.17, 15) is 24.0 Å². The number of hydrogen-bond acceptors (Lipinski definition) is 7. The summed E-state index contributed by atoms with van der Waals surface area (Å²) in [6.45, 7) is 1.00. The monoisotopic (exact) mass is 428 g/mol. The van der Waals surface area contributed by atoms with Gasteiger partial charge in [0.1, 0.15) is 11.8 Å². The third-order valence-corrected chi connectivity index (χ3v) is 6.04. The zero-order chi connectivity index (χ0) is 22.1. The number of imide groups is 2. The third-order valence-electron chi connectivity index (χ3n) is 6.04. The van der Waals surface area contributed by atoms with Crippen LogP contribution in [0.4, 0.5) is 0 Å². The van der Waals surface area contributed by atoms with Gasteiger partial charge in [0.05, 0.1) is 11.1 Å². The van der Waals surface area contributed by atoms with Crippen LogP contribution in [-0.2, 0) is 14.4 Å². The zero-order valence-corrected chi connectivity index (χ0v) is 17.2. The third kappa shape index (κ3) is 3.90. The average Bonchev–Trinajstić information content (AvgIpc) is 3.03. The van der Waals surface area contributed by atoms with Crippen LogP contribution in [0.3, 0.4) is 0 Å². The molecule has 2 fully saturated rings. The Balaban J connectivity index is 1.47. The number of nitrogens with zero attached hydrogens (tertiary/aromatic N) is 2. The molecule has 164 valence electrons. The number of carbonyl (C=O) groups is 5. The van der Waals surface area contributed by atoms with Crippen molar-refractivity contribution in [3.05, 3.63) is 29.3 Å². The van der Waals surface area contributed by atoms with Gasteiger partial charge in [-0.15, -0.1) is 0 Å². The Morgan fingerprint density at radius 1 is 1.13 bits per heavy atom. The molecular weight excluding hydrogens is 404 g/mol. The van der Waals surface area contributed by atoms with Crippen LogP contribution in [0.1, 0.15) is 46.4 Å². The van der Waals surface area contributed by atoms with Crippen molar-refractivity contribution in [3.8, 4) is 5.75 Å². The van der Waals surface area contributed by atoms with E-state index in [1.165, 1.54) is 12.1 Å². The summed E-state index contributed by atoms with van der Waals surface area (Å²) < 4.78 is 5.65. The molecule has 1 unspecified atom stereocenters. The Hall–Kier alpha value is -3.27. The molecule has 1 aromatic rings. The highest BCUT2D eigenvalue weighted by Gasteiger charge is 2.46. The molecule has 1 atom stereocenters. The average molecular weight is 428 g/mol. The van der Waals surface area contributed by atoms with E-state index in [1.54, 1.807) is 11.0 Å². The van der Waals surface area contributed by atoms with Gasteiger partial charge in [0.25, 0.3) is 17.7 Å². The summed E-state index contributed by atoms with van der Waals surface area (Å²) in [7, 11) is 1.90. The molecule has 0 aromatic heterocycles. The van der Waals surface area contributed by atoms with E-state index < -0.39 is 29.7 Å². The minimum Gasteiger partial charge on any atom is -0.483 e. The second-order valence-corrected chi connectivity index (χ2v) is 7.86. The van der Waals surface area contributed by atoms with Gasteiger partial charge in [0.2, 0.25) is 11.8 Å². The Morgan fingerprint density at radius 3 is 2.55 bits per heavy atom. The molecule has 0 aliphatic carbocycles. The summed E-state index contributed by atoms with van der Waals surface area (Å²) in [6.07, 6.45) is 1.84. The lowest BCUT2D eigenvalue weighted by Gasteiger charge is -2.31. The smallest absolute Gasteiger partial charge is 0.266 e. The van der Waals surface area contributed by atoms with Crippen LogP contribution in [0.25, 0.3) is 0 Å². The Kier molecular flexibility index (Phi) is 5.73. The van der Waals surface area contributed by atoms with Gasteiger partial charge in [-0.1, -0.05) is 6.07 Å². The van der Waals surface area contributed by atoms with Crippen LogP contribution in [0.5, 0.6) is 5.75 Å². The first kappa shape index (κ1) is 21.0. The number of nitrogens with one attached hydrogen (secondary N) is 2. The SMILES string of the molecule is CNC1CCN(C(=O)COc2cccc3c2C(=O)N(C2CCC(=O)NC2=O)C3=O)CC1. The molecule has 1 aromatic carbocycles. The molecule has 0 saturated carbocycles. The molecule has 31 heavy (non-hydrogen) atoms. The first-order chi connectivity index (χ1) is 14.9. The highest BCUT2D eigenvalue weighted by Crippen LogP contribution is 2.33. The highest BCUT2D eigenvalue weighted by molar-refractivity contribution is 6.24. The standard InChI is InChI=1S/C21H24N4O6/c1-22-12-7-9-24(10-8-12)17(27)11-31-15-4-2-3-13-18(15)21(30)25(20(13)29)14-5-6-16(26)23-19(14)28/h2-4,12,14,22H,5-11H2,1H3,(H,23,26,28). The van der Waals surface area contributed by atoms with Crippen LogP contribution in [0.2, 0.25) is 0 Å². The summed E-state index contributed by atoms with van der Waals surface area (Å²) in [5, 5.41) is 5.37. The number of rotatable bonds is 5. The predicted octanol–water partition coefficient (Wildman–Crippen LogP) is -0.323. The van der Waals surface area contributed by atoms with Crippen molar-refractivity contribution in [3.63, 3.8) is 0 Å². The fourth-order valence-electron chi connectivity index (χ4n) is 4.25. The van der Waals surface area contributed by atoms with Crippen LogP contribution >= 0.6 is 0 Å². The van der Waals surface area contributed by atoms with E-state index in [0.29, 0.717) is 19.1 Å². The van der Waals surface area contributed by atoms with Crippen molar-refractivity contribution in [2.24, 2.45) is 0 Å². The summed E-state index contributed by atoms with van der Waals surface area (Å²) in [4.78, 5) is 64.6. The topological polar surface area (TPSA) is 125 Å². The van der Waals surface area contributed by atoms with Gasteiger partial charge in [-0.05, 0) is 38.4 Å². The summed E-state index contributed by atoms with van der Waals surface area (Å²) in [5.41, 5.74) is 0.161. The molecule has 5 amide bonds. The molecule has 3 aliphatic heterocycles. The van der Waals surface area contributed by atoms with Crippen LogP contribution < -0.4 is 15.4 Å². The first-order valence-electron chi connectivity index (χ1n) is 10.3. The number of piperidine rings is 2. The number of ether oxygens (including phenoxy) is 1. The first-order valence-corrected chi connectivity index (χ1v) is 10.3. The summed E-state index contributed by atoms with van der Waals surface area (Å²) in [5.74, 6) is -2.43. The number of hydrogen-bond donors (Lipinski definition) is 2. The quantitative estimate of drug-likeness (QED) is 0.616. The Bertz CT molecular complexity index is 953. The largest absolute Gasteiger partial charge is 0.483 e. The van der Waals surface area contributed by atoms with Gasteiger partial charge in [-0.25, -0.2) is 0 Å². The molecule has 3 aliphatic rings. The molecule has 4 rings (SSSR count). The Labute approximate surface area is 178 Å². The lowest BCUT2D eigenvalue weighted by Crippen LogP contribution is -2.54. The molecule has 0 bridgehead atoms. The van der Waals surface area contributed by atoms with Crippen molar-refractivity contribution in [1.82, 2.24) is 20.4 Å². The van der Waals surface area contributed by atoms with Gasteiger partial charge in [-0.2, -0.15) is 0 Å². The lowest BCUT2D eigenvalue weighted by atomic mass is 10.0. The van der Waals surface area contributed by atoms with Crippen molar-refractivity contribution < 1.29 is 28.7 Å². The molecular formula is C21H24N4O6. The van der Waals surface area contributed by atoms with Gasteiger partial charge < -0.3 is 15.0 Å². The fourth-order valence-corrected chi connectivity index (χ4v) is 4.25. The Morgan fingerprint density at radius 2 is 1.87 bits per heavy atom. The van der Waals surface area contributed by atoms with E-state index in [1.807, 2.05) is 7.05 Å². The van der Waals surface area contributed by atoms with Crippen LogP contribution in [-0.4, -0.2) is 78.2 Å². The second kappa shape index (κ2) is 8.46. The maximum Gasteiger partial charge on any atom is 0.266 e. The van der Waals surface area contributed by atoms with Crippen LogP contribution in [0, 0.1) is 0 Å². The molecule has 0 spiro atoms. The van der Waals surface area contributed by atoms with E-state index in [0.717, 1.165) is 17.7 Å². The van der Waals surface area contributed by atoms with E-state index >= 15 is 0 Å². The predicted molar refractivity (Wildman–Crippen MR) is 107 cm³/mol. The zero-order valence-electron chi connectivity index (χ0n) is 17.2. The molecule has 10 nitrogen and oxygen atoms in total. The van der Waals surface area contributed by atoms with Crippen molar-refractivity contribution in [1.29, 1.82) is 0 Å². The van der Waals surface area contributed by atoms with E-state index in [2.05, 4.69) is 10.6 Å².